The summed E-state index contributed by atoms with van der Waals surface area (Å²) in [5, 5.41) is 0. The van der Waals surface area contributed by atoms with Crippen molar-refractivity contribution in [2.24, 2.45) is 4.99 Å². The third kappa shape index (κ3) is 3.67. The van der Waals surface area contributed by atoms with E-state index < -0.39 is 5.54 Å². The Balaban J connectivity index is 1.72. The fourth-order valence-electron chi connectivity index (χ4n) is 3.45. The first-order valence-corrected chi connectivity index (χ1v) is 9.23. The number of carbonyl (C=O) groups is 1. The molecular weight excluding hydrogens is 350 g/mol. The molecule has 4 nitrogen and oxygen atoms in total. The summed E-state index contributed by atoms with van der Waals surface area (Å²) in [6.45, 7) is 0. The molecule has 0 saturated heterocycles. The summed E-state index contributed by atoms with van der Waals surface area (Å²) in [7, 11) is 1.64. The molecule has 1 heterocycles. The van der Waals surface area contributed by atoms with Crippen molar-refractivity contribution < 1.29 is 14.3 Å². The molecular formula is C24H21NO3. The maximum atomic E-state index is 13.1. The van der Waals surface area contributed by atoms with Crippen LogP contribution in [0.15, 0.2) is 89.9 Å². The van der Waals surface area contributed by atoms with Gasteiger partial charge in [-0.1, -0.05) is 60.7 Å². The molecule has 1 atom stereocenters. The number of aliphatic imine (C=N–C) groups is 1. The predicted octanol–water partition coefficient (Wildman–Crippen LogP) is 4.22. The second-order valence-electron chi connectivity index (χ2n) is 6.89. The maximum absolute atomic E-state index is 13.1. The minimum absolute atomic E-state index is 0.314. The zero-order valence-electron chi connectivity index (χ0n) is 15.7. The normalized spacial score (nSPS) is 18.5. The van der Waals surface area contributed by atoms with Gasteiger partial charge in [0.05, 0.1) is 7.11 Å². The summed E-state index contributed by atoms with van der Waals surface area (Å²) >= 11 is 0. The lowest BCUT2D eigenvalue weighted by Crippen LogP contribution is -2.38. The molecule has 140 valence electrons. The first kappa shape index (κ1) is 18.0. The van der Waals surface area contributed by atoms with E-state index in [0.29, 0.717) is 18.7 Å². The fraction of sp³-hybridized carbons (Fsp3) is 0.167. The first-order chi connectivity index (χ1) is 13.7. The Hall–Kier alpha value is -3.40. The number of carbonyl (C=O) groups excluding carboxylic acids is 1. The van der Waals surface area contributed by atoms with Gasteiger partial charge >= 0.3 is 5.97 Å². The van der Waals surface area contributed by atoms with Gasteiger partial charge in [-0.25, -0.2) is 9.79 Å². The summed E-state index contributed by atoms with van der Waals surface area (Å²) in [5.74, 6) is 0.851. The number of nitrogens with zero attached hydrogens (tertiary/aromatic N) is 1. The summed E-state index contributed by atoms with van der Waals surface area (Å²) in [4.78, 5) is 17.9. The van der Waals surface area contributed by atoms with Crippen LogP contribution in [-0.4, -0.2) is 24.5 Å². The van der Waals surface area contributed by atoms with Gasteiger partial charge < -0.3 is 9.47 Å². The second-order valence-corrected chi connectivity index (χ2v) is 6.89. The van der Waals surface area contributed by atoms with Crippen LogP contribution in [0.4, 0.5) is 0 Å². The van der Waals surface area contributed by atoms with Crippen LogP contribution in [0.2, 0.25) is 0 Å². The molecule has 0 spiro atoms. The van der Waals surface area contributed by atoms with E-state index in [9.17, 15) is 4.79 Å². The molecule has 1 aliphatic rings. The number of cyclic esters (lactones) is 1. The van der Waals surface area contributed by atoms with Crippen molar-refractivity contribution in [1.29, 1.82) is 0 Å². The first-order valence-electron chi connectivity index (χ1n) is 9.23. The molecule has 3 aromatic carbocycles. The van der Waals surface area contributed by atoms with Crippen LogP contribution in [0, 0.1) is 0 Å². The number of methoxy groups -OCH3 is 1. The highest BCUT2D eigenvalue weighted by molar-refractivity contribution is 6.08. The molecule has 0 fully saturated rings. The molecule has 1 aliphatic heterocycles. The van der Waals surface area contributed by atoms with Crippen LogP contribution >= 0.6 is 0 Å². The van der Waals surface area contributed by atoms with Gasteiger partial charge in [-0.05, 0) is 35.4 Å². The molecule has 0 N–H and O–H groups in total. The van der Waals surface area contributed by atoms with Gasteiger partial charge in [-0.3, -0.25) is 0 Å². The second kappa shape index (κ2) is 7.69. The van der Waals surface area contributed by atoms with Crippen molar-refractivity contribution in [2.75, 3.05) is 7.11 Å². The summed E-state index contributed by atoms with van der Waals surface area (Å²) in [5.41, 5.74) is 1.87. The van der Waals surface area contributed by atoms with E-state index in [2.05, 4.69) is 0 Å². The van der Waals surface area contributed by atoms with E-state index in [4.69, 9.17) is 14.5 Å². The smallest absolute Gasteiger partial charge is 0.341 e. The number of rotatable bonds is 6. The SMILES string of the molecule is COc1ccc(C[C@]2(Cc3ccccc3)N=C(c3ccccc3)OC2=O)cc1. The Labute approximate surface area is 164 Å². The molecule has 0 unspecified atom stereocenters. The highest BCUT2D eigenvalue weighted by Crippen LogP contribution is 2.31. The van der Waals surface area contributed by atoms with E-state index in [0.717, 1.165) is 22.4 Å². The third-order valence-corrected chi connectivity index (χ3v) is 4.90. The van der Waals surface area contributed by atoms with Gasteiger partial charge in [0.25, 0.3) is 0 Å². The van der Waals surface area contributed by atoms with Crippen LogP contribution < -0.4 is 4.74 Å². The molecule has 0 bridgehead atoms. The molecule has 0 amide bonds. The Morgan fingerprint density at radius 3 is 2.00 bits per heavy atom. The van der Waals surface area contributed by atoms with E-state index in [1.54, 1.807) is 7.11 Å². The average Bonchev–Trinajstić information content (AvgIpc) is 3.06. The minimum atomic E-state index is -0.985. The van der Waals surface area contributed by atoms with Crippen molar-refractivity contribution in [1.82, 2.24) is 0 Å². The predicted molar refractivity (Wildman–Crippen MR) is 109 cm³/mol. The molecule has 4 rings (SSSR count). The Morgan fingerprint density at radius 2 is 1.39 bits per heavy atom. The van der Waals surface area contributed by atoms with Gasteiger partial charge in [0.1, 0.15) is 5.75 Å². The number of benzene rings is 3. The van der Waals surface area contributed by atoms with Crippen LogP contribution in [0.5, 0.6) is 5.75 Å². The van der Waals surface area contributed by atoms with Gasteiger partial charge in [0.2, 0.25) is 5.90 Å². The maximum Gasteiger partial charge on any atom is 0.341 e. The van der Waals surface area contributed by atoms with Gasteiger partial charge in [-0.15, -0.1) is 0 Å². The number of hydrogen-bond donors (Lipinski definition) is 0. The standard InChI is InChI=1S/C24H21NO3/c1-27-21-14-12-19(13-15-21)17-24(16-18-8-4-2-5-9-18)23(26)28-22(25-24)20-10-6-3-7-11-20/h2-15H,16-17H2,1H3/t24-/m0/s1. The molecule has 28 heavy (non-hydrogen) atoms. The van der Waals surface area contributed by atoms with Crippen molar-refractivity contribution >= 4 is 11.9 Å². The minimum Gasteiger partial charge on any atom is -0.497 e. The zero-order chi connectivity index (χ0) is 19.4. The lowest BCUT2D eigenvalue weighted by atomic mass is 9.85. The molecule has 0 aromatic heterocycles. The van der Waals surface area contributed by atoms with E-state index in [1.165, 1.54) is 0 Å². The van der Waals surface area contributed by atoms with Crippen LogP contribution in [0.25, 0.3) is 0 Å². The highest BCUT2D eigenvalue weighted by Gasteiger charge is 2.46. The topological polar surface area (TPSA) is 47.9 Å². The van der Waals surface area contributed by atoms with Gasteiger partial charge in [0.15, 0.2) is 5.54 Å². The average molecular weight is 371 g/mol. The summed E-state index contributed by atoms with van der Waals surface area (Å²) < 4.78 is 10.9. The third-order valence-electron chi connectivity index (χ3n) is 4.90. The number of hydrogen-bond acceptors (Lipinski definition) is 4. The van der Waals surface area contributed by atoms with Crippen molar-refractivity contribution in [3.8, 4) is 5.75 Å². The fourth-order valence-corrected chi connectivity index (χ4v) is 3.45. The molecule has 0 aliphatic carbocycles. The molecule has 4 heteroatoms. The molecule has 0 saturated carbocycles. The summed E-state index contributed by atoms with van der Waals surface area (Å²) in [6, 6.07) is 27.2. The van der Waals surface area contributed by atoms with Crippen LogP contribution in [0.1, 0.15) is 16.7 Å². The zero-order valence-corrected chi connectivity index (χ0v) is 15.7. The van der Waals surface area contributed by atoms with Gasteiger partial charge in [0, 0.05) is 18.4 Å². The largest absolute Gasteiger partial charge is 0.497 e. The van der Waals surface area contributed by atoms with Crippen LogP contribution in [-0.2, 0) is 22.4 Å². The van der Waals surface area contributed by atoms with Crippen molar-refractivity contribution in [3.63, 3.8) is 0 Å². The Bertz CT molecular complexity index is 981. The van der Waals surface area contributed by atoms with E-state index in [-0.39, 0.29) is 5.97 Å². The number of ether oxygens (including phenoxy) is 2. The van der Waals surface area contributed by atoms with Crippen molar-refractivity contribution in [3.05, 3.63) is 102 Å². The van der Waals surface area contributed by atoms with E-state index in [1.807, 2.05) is 84.9 Å². The van der Waals surface area contributed by atoms with Gasteiger partial charge in [-0.2, -0.15) is 0 Å². The highest BCUT2D eigenvalue weighted by atomic mass is 16.6. The van der Waals surface area contributed by atoms with E-state index >= 15 is 0 Å². The molecule has 0 radical (unpaired) electrons. The molecule has 3 aromatic rings. The summed E-state index contributed by atoms with van der Waals surface area (Å²) in [6.07, 6.45) is 0.941. The monoisotopic (exact) mass is 371 g/mol. The lowest BCUT2D eigenvalue weighted by molar-refractivity contribution is -0.139. The quantitative estimate of drug-likeness (QED) is 0.610. The Kier molecular flexibility index (Phi) is 4.94. The van der Waals surface area contributed by atoms with Crippen molar-refractivity contribution in [2.45, 2.75) is 18.4 Å². The number of esters is 1. The Morgan fingerprint density at radius 1 is 0.821 bits per heavy atom. The van der Waals surface area contributed by atoms with Crippen LogP contribution in [0.3, 0.4) is 0 Å². The lowest BCUT2D eigenvalue weighted by Gasteiger charge is -2.22.